The largest absolute Gasteiger partial charge is 0.389 e. The molecular weight excluding hydrogens is 210 g/mol. The highest BCUT2D eigenvalue weighted by molar-refractivity contribution is 5.29. The zero-order valence-corrected chi connectivity index (χ0v) is 11.1. The van der Waals surface area contributed by atoms with Gasteiger partial charge in [0.1, 0.15) is 0 Å². The highest BCUT2D eigenvalue weighted by Crippen LogP contribution is 2.28. The van der Waals surface area contributed by atoms with Gasteiger partial charge in [-0.2, -0.15) is 0 Å². The summed E-state index contributed by atoms with van der Waals surface area (Å²) < 4.78 is 0. The monoisotopic (exact) mass is 233 g/mol. The third-order valence-electron chi connectivity index (χ3n) is 3.89. The van der Waals surface area contributed by atoms with E-state index in [9.17, 15) is 5.11 Å². The van der Waals surface area contributed by atoms with Gasteiger partial charge in [0.15, 0.2) is 0 Å². The zero-order valence-electron chi connectivity index (χ0n) is 11.1. The van der Waals surface area contributed by atoms with Crippen molar-refractivity contribution < 1.29 is 5.11 Å². The third kappa shape index (κ3) is 2.88. The van der Waals surface area contributed by atoms with Crippen LogP contribution in [-0.4, -0.2) is 23.8 Å². The third-order valence-corrected chi connectivity index (χ3v) is 3.89. The van der Waals surface area contributed by atoms with Gasteiger partial charge in [-0.05, 0) is 38.3 Å². The molecule has 2 rings (SSSR count). The Labute approximate surface area is 104 Å². The quantitative estimate of drug-likeness (QED) is 0.821. The lowest BCUT2D eigenvalue weighted by Crippen LogP contribution is -2.50. The van der Waals surface area contributed by atoms with Crippen LogP contribution in [0.25, 0.3) is 0 Å². The Balaban J connectivity index is 2.18. The molecule has 1 aliphatic heterocycles. The van der Waals surface area contributed by atoms with Crippen molar-refractivity contribution in [2.75, 3.05) is 13.1 Å². The number of rotatable bonds is 2. The fourth-order valence-corrected chi connectivity index (χ4v) is 2.85. The van der Waals surface area contributed by atoms with Crippen LogP contribution in [0.15, 0.2) is 18.2 Å². The van der Waals surface area contributed by atoms with Crippen molar-refractivity contribution in [3.8, 4) is 0 Å². The molecule has 0 aliphatic carbocycles. The number of aryl methyl sites for hydroxylation is 2. The first-order valence-electron chi connectivity index (χ1n) is 6.50. The van der Waals surface area contributed by atoms with Gasteiger partial charge >= 0.3 is 0 Å². The molecule has 17 heavy (non-hydrogen) atoms. The second-order valence-electron chi connectivity index (χ2n) is 5.63. The van der Waals surface area contributed by atoms with E-state index in [1.807, 2.05) is 0 Å². The maximum Gasteiger partial charge on any atom is 0.0737 e. The second-order valence-corrected chi connectivity index (χ2v) is 5.63. The molecule has 0 bridgehead atoms. The van der Waals surface area contributed by atoms with E-state index in [0.717, 1.165) is 25.9 Å². The van der Waals surface area contributed by atoms with Crippen LogP contribution < -0.4 is 5.32 Å². The molecule has 2 nitrogen and oxygen atoms in total. The Hall–Kier alpha value is -0.860. The summed E-state index contributed by atoms with van der Waals surface area (Å²) in [7, 11) is 0. The summed E-state index contributed by atoms with van der Waals surface area (Å²) in [6.45, 7) is 8.21. The van der Waals surface area contributed by atoms with Crippen LogP contribution in [0.5, 0.6) is 0 Å². The van der Waals surface area contributed by atoms with E-state index in [-0.39, 0.29) is 0 Å². The standard InChI is InChI=1S/C15H23NO/c1-11-6-12(2)8-14(7-11)9-15(17)4-5-16-10-13(15)3/h6-8,13,16-17H,4-5,9-10H2,1-3H3. The van der Waals surface area contributed by atoms with E-state index in [1.165, 1.54) is 16.7 Å². The Morgan fingerprint density at radius 3 is 2.53 bits per heavy atom. The number of benzene rings is 1. The van der Waals surface area contributed by atoms with Gasteiger partial charge in [0.05, 0.1) is 5.60 Å². The van der Waals surface area contributed by atoms with Gasteiger partial charge < -0.3 is 10.4 Å². The number of hydrogen-bond donors (Lipinski definition) is 2. The van der Waals surface area contributed by atoms with Crippen molar-refractivity contribution in [2.45, 2.75) is 39.2 Å². The molecule has 1 heterocycles. The summed E-state index contributed by atoms with van der Waals surface area (Å²) in [5.74, 6) is 0.317. The minimum absolute atomic E-state index is 0.317. The fraction of sp³-hybridized carbons (Fsp3) is 0.600. The van der Waals surface area contributed by atoms with Crippen LogP contribution in [-0.2, 0) is 6.42 Å². The highest BCUT2D eigenvalue weighted by atomic mass is 16.3. The van der Waals surface area contributed by atoms with Gasteiger partial charge in [-0.15, -0.1) is 0 Å². The lowest BCUT2D eigenvalue weighted by molar-refractivity contribution is -0.0329. The van der Waals surface area contributed by atoms with E-state index in [1.54, 1.807) is 0 Å². The molecule has 1 aliphatic rings. The Morgan fingerprint density at radius 2 is 1.94 bits per heavy atom. The van der Waals surface area contributed by atoms with Gasteiger partial charge in [-0.25, -0.2) is 0 Å². The molecular formula is C15H23NO. The molecule has 1 aromatic carbocycles. The summed E-state index contributed by atoms with van der Waals surface area (Å²) in [6.07, 6.45) is 1.62. The lowest BCUT2D eigenvalue weighted by atomic mass is 9.78. The van der Waals surface area contributed by atoms with Gasteiger partial charge in [-0.3, -0.25) is 0 Å². The predicted octanol–water partition coefficient (Wildman–Crippen LogP) is 2.21. The van der Waals surface area contributed by atoms with Crippen LogP contribution in [0.3, 0.4) is 0 Å². The molecule has 0 spiro atoms. The van der Waals surface area contributed by atoms with Crippen LogP contribution in [0.2, 0.25) is 0 Å². The molecule has 2 N–H and O–H groups in total. The SMILES string of the molecule is Cc1cc(C)cc(CC2(O)CCNCC2C)c1. The minimum atomic E-state index is -0.536. The summed E-state index contributed by atoms with van der Waals surface area (Å²) in [4.78, 5) is 0. The van der Waals surface area contributed by atoms with Crippen molar-refractivity contribution >= 4 is 0 Å². The van der Waals surface area contributed by atoms with E-state index in [4.69, 9.17) is 0 Å². The smallest absolute Gasteiger partial charge is 0.0737 e. The highest BCUT2D eigenvalue weighted by Gasteiger charge is 2.35. The molecule has 1 fully saturated rings. The van der Waals surface area contributed by atoms with Crippen molar-refractivity contribution in [1.82, 2.24) is 5.32 Å². The van der Waals surface area contributed by atoms with Crippen LogP contribution in [0, 0.1) is 19.8 Å². The molecule has 1 saturated heterocycles. The molecule has 0 radical (unpaired) electrons. The number of aliphatic hydroxyl groups is 1. The number of nitrogens with one attached hydrogen (secondary N) is 1. The van der Waals surface area contributed by atoms with E-state index >= 15 is 0 Å². The molecule has 94 valence electrons. The summed E-state index contributed by atoms with van der Waals surface area (Å²) in [5, 5.41) is 14.1. The van der Waals surface area contributed by atoms with Gasteiger partial charge in [0.25, 0.3) is 0 Å². The molecule has 0 saturated carbocycles. The first-order valence-corrected chi connectivity index (χ1v) is 6.50. The summed E-state index contributed by atoms with van der Waals surface area (Å²) in [6, 6.07) is 6.57. The van der Waals surface area contributed by atoms with Crippen molar-refractivity contribution in [2.24, 2.45) is 5.92 Å². The van der Waals surface area contributed by atoms with Crippen LogP contribution in [0.4, 0.5) is 0 Å². The maximum atomic E-state index is 10.7. The normalized spacial score (nSPS) is 29.3. The van der Waals surface area contributed by atoms with E-state index in [2.05, 4.69) is 44.3 Å². The average molecular weight is 233 g/mol. The average Bonchev–Trinajstić information content (AvgIpc) is 2.21. The number of hydrogen-bond acceptors (Lipinski definition) is 2. The van der Waals surface area contributed by atoms with Crippen LogP contribution >= 0.6 is 0 Å². The van der Waals surface area contributed by atoms with E-state index in [0.29, 0.717) is 5.92 Å². The first kappa shape index (κ1) is 12.6. The Morgan fingerprint density at radius 1 is 1.29 bits per heavy atom. The van der Waals surface area contributed by atoms with E-state index < -0.39 is 5.60 Å². The molecule has 2 atom stereocenters. The maximum absolute atomic E-state index is 10.7. The molecule has 2 heteroatoms. The van der Waals surface area contributed by atoms with Crippen molar-refractivity contribution in [3.05, 3.63) is 34.9 Å². The molecule has 0 amide bonds. The number of piperidine rings is 1. The Kier molecular flexibility index (Phi) is 3.55. The molecule has 1 aromatic rings. The first-order chi connectivity index (χ1) is 7.99. The second kappa shape index (κ2) is 4.79. The van der Waals surface area contributed by atoms with Gasteiger partial charge in [0, 0.05) is 13.0 Å². The van der Waals surface area contributed by atoms with Crippen molar-refractivity contribution in [3.63, 3.8) is 0 Å². The Bertz CT molecular complexity index is 382. The summed E-state index contributed by atoms with van der Waals surface area (Å²) in [5.41, 5.74) is 3.29. The zero-order chi connectivity index (χ0) is 12.5. The topological polar surface area (TPSA) is 32.3 Å². The fourth-order valence-electron chi connectivity index (χ4n) is 2.85. The predicted molar refractivity (Wildman–Crippen MR) is 71.2 cm³/mol. The molecule has 2 unspecified atom stereocenters. The van der Waals surface area contributed by atoms with Gasteiger partial charge in [0.2, 0.25) is 0 Å². The minimum Gasteiger partial charge on any atom is -0.389 e. The lowest BCUT2D eigenvalue weighted by Gasteiger charge is -2.38. The summed E-state index contributed by atoms with van der Waals surface area (Å²) >= 11 is 0. The van der Waals surface area contributed by atoms with Gasteiger partial charge in [-0.1, -0.05) is 36.2 Å². The molecule has 0 aromatic heterocycles. The van der Waals surface area contributed by atoms with Crippen molar-refractivity contribution in [1.29, 1.82) is 0 Å². The van der Waals surface area contributed by atoms with Crippen LogP contribution in [0.1, 0.15) is 30.0 Å².